The summed E-state index contributed by atoms with van der Waals surface area (Å²) in [5.41, 5.74) is 0. The summed E-state index contributed by atoms with van der Waals surface area (Å²) < 4.78 is 17.1. The molecular formula is C18H36O4S2. The van der Waals surface area contributed by atoms with Crippen molar-refractivity contribution in [3.63, 3.8) is 0 Å². The van der Waals surface area contributed by atoms with Crippen LogP contribution in [0.2, 0.25) is 0 Å². The van der Waals surface area contributed by atoms with Gasteiger partial charge in [0.15, 0.2) is 5.12 Å². The third-order valence-electron chi connectivity index (χ3n) is 3.27. The number of carbonyl (C=O) groups excluding carboxylic acids is 1. The fourth-order valence-corrected chi connectivity index (χ4v) is 4.43. The number of carbonyl (C=O) groups is 1. The van der Waals surface area contributed by atoms with Gasteiger partial charge in [0.1, 0.15) is 0 Å². The van der Waals surface area contributed by atoms with Crippen LogP contribution in [0.15, 0.2) is 0 Å². The Morgan fingerprint density at radius 2 is 1.46 bits per heavy atom. The minimum Gasteiger partial charge on any atom is -0.319 e. The van der Waals surface area contributed by atoms with Crippen LogP contribution in [0.1, 0.15) is 73.1 Å². The molecule has 1 atom stereocenters. The molecule has 0 N–H and O–H groups in total. The van der Waals surface area contributed by atoms with Gasteiger partial charge in [-0.15, -0.1) is 0 Å². The number of rotatable bonds is 16. The highest BCUT2D eigenvalue weighted by atomic mass is 32.2. The Bertz CT molecular complexity index is 296. The van der Waals surface area contributed by atoms with Crippen molar-refractivity contribution in [1.29, 1.82) is 0 Å². The molecule has 0 heterocycles. The number of unbranched alkanes of at least 4 members (excludes halogenated alkanes) is 4. The predicted octanol–water partition coefficient (Wildman–Crippen LogP) is 5.45. The second-order valence-electron chi connectivity index (χ2n) is 5.57. The van der Waals surface area contributed by atoms with Crippen LogP contribution in [0.5, 0.6) is 0 Å². The zero-order valence-electron chi connectivity index (χ0n) is 16.1. The van der Waals surface area contributed by atoms with Gasteiger partial charge in [0.25, 0.3) is 0 Å². The normalized spacial score (nSPS) is 13.2. The molecular weight excluding hydrogens is 344 g/mol. The lowest BCUT2D eigenvalue weighted by Crippen LogP contribution is -2.38. The van der Waals surface area contributed by atoms with Crippen LogP contribution in [0.25, 0.3) is 0 Å². The molecule has 0 fully saturated rings. The smallest absolute Gasteiger partial charge is 0.319 e. The van der Waals surface area contributed by atoms with Crippen LogP contribution in [0.3, 0.4) is 0 Å². The summed E-state index contributed by atoms with van der Waals surface area (Å²) in [4.78, 5) is 12.0. The van der Waals surface area contributed by atoms with Crippen LogP contribution in [-0.4, -0.2) is 41.2 Å². The van der Waals surface area contributed by atoms with Crippen molar-refractivity contribution in [2.45, 2.75) is 83.7 Å². The lowest BCUT2D eigenvalue weighted by Gasteiger charge is -2.33. The van der Waals surface area contributed by atoms with Gasteiger partial charge < -0.3 is 14.2 Å². The molecule has 6 heteroatoms. The molecule has 0 spiro atoms. The van der Waals surface area contributed by atoms with E-state index in [1.807, 2.05) is 20.8 Å². The van der Waals surface area contributed by atoms with Crippen LogP contribution < -0.4 is 0 Å². The van der Waals surface area contributed by atoms with E-state index >= 15 is 0 Å². The van der Waals surface area contributed by atoms with E-state index in [2.05, 4.69) is 13.8 Å². The van der Waals surface area contributed by atoms with Gasteiger partial charge >= 0.3 is 5.31 Å². The van der Waals surface area contributed by atoms with Gasteiger partial charge in [0, 0.05) is 17.4 Å². The fourth-order valence-electron chi connectivity index (χ4n) is 2.19. The first-order chi connectivity index (χ1) is 11.5. The Morgan fingerprint density at radius 3 is 1.96 bits per heavy atom. The van der Waals surface area contributed by atoms with Gasteiger partial charge in [-0.25, -0.2) is 0 Å². The molecule has 24 heavy (non-hydrogen) atoms. The lowest BCUT2D eigenvalue weighted by molar-refractivity contribution is -0.313. The average Bonchev–Trinajstić information content (AvgIpc) is 2.53. The van der Waals surface area contributed by atoms with Crippen LogP contribution in [0.4, 0.5) is 0 Å². The Kier molecular flexibility index (Phi) is 15.7. The number of thioether (sulfide) groups is 2. The van der Waals surface area contributed by atoms with Crippen molar-refractivity contribution in [3.05, 3.63) is 0 Å². The molecule has 0 radical (unpaired) electrons. The predicted molar refractivity (Wildman–Crippen MR) is 106 cm³/mol. The summed E-state index contributed by atoms with van der Waals surface area (Å²) in [6.45, 7) is 11.6. The van der Waals surface area contributed by atoms with Crippen molar-refractivity contribution < 1.29 is 19.0 Å². The van der Waals surface area contributed by atoms with Gasteiger partial charge in [-0.05, 0) is 27.2 Å². The van der Waals surface area contributed by atoms with Crippen molar-refractivity contribution >= 4 is 28.6 Å². The third-order valence-corrected chi connectivity index (χ3v) is 5.89. The number of hydrogen-bond donors (Lipinski definition) is 0. The second kappa shape index (κ2) is 15.5. The molecule has 0 saturated heterocycles. The van der Waals surface area contributed by atoms with E-state index in [0.717, 1.165) is 18.6 Å². The van der Waals surface area contributed by atoms with E-state index in [9.17, 15) is 4.79 Å². The molecule has 0 saturated carbocycles. The van der Waals surface area contributed by atoms with Gasteiger partial charge in [-0.2, -0.15) is 0 Å². The van der Waals surface area contributed by atoms with Gasteiger partial charge in [-0.3, -0.25) is 4.79 Å². The fraction of sp³-hybridized carbons (Fsp3) is 0.944. The Hall–Kier alpha value is 0.250. The molecule has 144 valence electrons. The minimum absolute atomic E-state index is 0.198. The zero-order valence-corrected chi connectivity index (χ0v) is 17.7. The molecule has 0 aromatic heterocycles. The molecule has 0 bridgehead atoms. The van der Waals surface area contributed by atoms with Crippen molar-refractivity contribution in [2.75, 3.05) is 25.6 Å². The second-order valence-corrected chi connectivity index (χ2v) is 8.19. The van der Waals surface area contributed by atoms with E-state index in [4.69, 9.17) is 14.2 Å². The van der Waals surface area contributed by atoms with Crippen molar-refractivity contribution in [3.8, 4) is 0 Å². The van der Waals surface area contributed by atoms with Crippen LogP contribution in [-0.2, 0) is 19.0 Å². The molecule has 0 amide bonds. The highest BCUT2D eigenvalue weighted by Crippen LogP contribution is 2.35. The molecule has 0 aliphatic carbocycles. The summed E-state index contributed by atoms with van der Waals surface area (Å²) in [5.74, 6) is 0.743. The summed E-state index contributed by atoms with van der Waals surface area (Å²) in [6, 6.07) is 0. The summed E-state index contributed by atoms with van der Waals surface area (Å²) >= 11 is 2.92. The maximum atomic E-state index is 12.0. The molecule has 0 aromatic rings. The largest absolute Gasteiger partial charge is 0.337 e. The van der Waals surface area contributed by atoms with E-state index in [-0.39, 0.29) is 10.4 Å². The summed E-state index contributed by atoms with van der Waals surface area (Å²) in [5, 5.41) is -0.570. The van der Waals surface area contributed by atoms with Crippen LogP contribution in [0, 0.1) is 0 Å². The highest BCUT2D eigenvalue weighted by molar-refractivity contribution is 8.14. The average molecular weight is 381 g/mol. The molecule has 1 unspecified atom stereocenters. The standard InChI is InChI=1S/C18H36O4S2/c1-6-10-11-12-13-14-17(19)23-15-16(5)24-18(20-7-2,21-8-3)22-9-4/h16H,6-15H2,1-5H3. The molecule has 0 aliphatic rings. The van der Waals surface area contributed by atoms with E-state index in [1.165, 1.54) is 42.8 Å². The van der Waals surface area contributed by atoms with Gasteiger partial charge in [-0.1, -0.05) is 63.1 Å². The summed E-state index contributed by atoms with van der Waals surface area (Å²) in [7, 11) is 0. The third kappa shape index (κ3) is 11.7. The maximum Gasteiger partial charge on any atom is 0.337 e. The lowest BCUT2D eigenvalue weighted by atomic mass is 10.1. The topological polar surface area (TPSA) is 44.8 Å². The van der Waals surface area contributed by atoms with E-state index in [0.29, 0.717) is 26.2 Å². The first-order valence-corrected chi connectivity index (χ1v) is 11.1. The first-order valence-electron chi connectivity index (χ1n) is 9.28. The maximum absolute atomic E-state index is 12.0. The first kappa shape index (κ1) is 24.2. The SMILES string of the molecule is CCCCCCCC(=O)SCC(C)SC(OCC)(OCC)OCC. The van der Waals surface area contributed by atoms with E-state index in [1.54, 1.807) is 0 Å². The quantitative estimate of drug-likeness (QED) is 0.262. The van der Waals surface area contributed by atoms with Gasteiger partial charge in [0.05, 0.1) is 19.8 Å². The molecule has 0 aliphatic heterocycles. The Labute approximate surface area is 157 Å². The zero-order chi connectivity index (χ0) is 18.3. The van der Waals surface area contributed by atoms with Crippen molar-refractivity contribution in [1.82, 2.24) is 0 Å². The Balaban J connectivity index is 4.18. The number of ether oxygens (including phenoxy) is 3. The van der Waals surface area contributed by atoms with Crippen LogP contribution >= 0.6 is 23.5 Å². The summed E-state index contributed by atoms with van der Waals surface area (Å²) in [6.07, 6.45) is 6.59. The monoisotopic (exact) mass is 380 g/mol. The molecule has 0 aromatic carbocycles. The minimum atomic E-state index is -1.05. The van der Waals surface area contributed by atoms with Crippen molar-refractivity contribution in [2.24, 2.45) is 0 Å². The Morgan fingerprint density at radius 1 is 0.917 bits per heavy atom. The molecule has 0 rings (SSSR count). The van der Waals surface area contributed by atoms with E-state index < -0.39 is 5.31 Å². The highest BCUT2D eigenvalue weighted by Gasteiger charge is 2.35. The molecule has 4 nitrogen and oxygen atoms in total. The number of hydrogen-bond acceptors (Lipinski definition) is 6. The van der Waals surface area contributed by atoms with Gasteiger partial charge in [0.2, 0.25) is 0 Å².